The zero-order valence-corrected chi connectivity index (χ0v) is 17.6. The highest BCUT2D eigenvalue weighted by Crippen LogP contribution is 2.26. The van der Waals surface area contributed by atoms with E-state index >= 15 is 0 Å². The number of hydrogen-bond acceptors (Lipinski definition) is 6. The number of nitrogens with zero attached hydrogens (tertiary/aromatic N) is 1. The summed E-state index contributed by atoms with van der Waals surface area (Å²) in [6.07, 6.45) is 9.57. The van der Waals surface area contributed by atoms with Crippen LogP contribution in [0.3, 0.4) is 0 Å². The van der Waals surface area contributed by atoms with Crippen molar-refractivity contribution in [2.24, 2.45) is 0 Å². The maximum Gasteiger partial charge on any atom is 0.331 e. The van der Waals surface area contributed by atoms with Crippen LogP contribution in [0, 0.1) is 0 Å². The molecule has 1 aromatic heterocycles. The minimum atomic E-state index is -0.924. The third-order valence-electron chi connectivity index (χ3n) is 5.31. The smallest absolute Gasteiger partial charge is 0.331 e. The minimum absolute atomic E-state index is 0.184. The minimum Gasteiger partial charge on any atom is -0.497 e. The van der Waals surface area contributed by atoms with Gasteiger partial charge in [0.05, 0.1) is 14.2 Å². The van der Waals surface area contributed by atoms with Gasteiger partial charge in [-0.3, -0.25) is 19.1 Å². The van der Waals surface area contributed by atoms with Crippen molar-refractivity contribution in [2.75, 3.05) is 14.2 Å². The number of nitrogens with one attached hydrogen (secondary N) is 1. The number of allylic oxidation sites excluding steroid dienone is 3. The third-order valence-corrected chi connectivity index (χ3v) is 5.31. The van der Waals surface area contributed by atoms with Crippen molar-refractivity contribution < 1.29 is 19.4 Å². The largest absolute Gasteiger partial charge is 0.497 e. The fourth-order valence-corrected chi connectivity index (χ4v) is 3.58. The van der Waals surface area contributed by atoms with Gasteiger partial charge in [-0.1, -0.05) is 11.6 Å². The summed E-state index contributed by atoms with van der Waals surface area (Å²) in [5.41, 5.74) is -0.336. The Morgan fingerprint density at radius 1 is 1.23 bits per heavy atom. The molecule has 164 valence electrons. The maximum absolute atomic E-state index is 12.7. The summed E-state index contributed by atoms with van der Waals surface area (Å²) in [6, 6.07) is 5.07. The van der Waals surface area contributed by atoms with E-state index in [-0.39, 0.29) is 6.54 Å². The van der Waals surface area contributed by atoms with Gasteiger partial charge in [0.15, 0.2) is 5.78 Å². The number of methoxy groups -OCH3 is 2. The van der Waals surface area contributed by atoms with Gasteiger partial charge >= 0.3 is 5.69 Å². The molecule has 2 N–H and O–H groups in total. The predicted octanol–water partition coefficient (Wildman–Crippen LogP) is 3.05. The van der Waals surface area contributed by atoms with Crippen LogP contribution in [0.15, 0.2) is 45.5 Å². The van der Waals surface area contributed by atoms with Crippen molar-refractivity contribution in [2.45, 2.75) is 38.6 Å². The van der Waals surface area contributed by atoms with Crippen LogP contribution < -0.4 is 20.7 Å². The fraction of sp³-hybridized carbons (Fsp3) is 0.348. The lowest BCUT2D eigenvalue weighted by atomic mass is 9.97. The van der Waals surface area contributed by atoms with Crippen LogP contribution in [0.2, 0.25) is 0 Å². The molecule has 0 amide bonds. The summed E-state index contributed by atoms with van der Waals surface area (Å²) >= 11 is 0. The zero-order chi connectivity index (χ0) is 22.4. The first-order chi connectivity index (χ1) is 14.9. The van der Waals surface area contributed by atoms with E-state index in [1.807, 2.05) is 0 Å². The van der Waals surface area contributed by atoms with Crippen LogP contribution in [0.1, 0.15) is 48.0 Å². The van der Waals surface area contributed by atoms with Crippen LogP contribution in [-0.4, -0.2) is 34.7 Å². The monoisotopic (exact) mass is 426 g/mol. The highest BCUT2D eigenvalue weighted by Gasteiger charge is 2.19. The molecule has 0 radical (unpaired) electrons. The van der Waals surface area contributed by atoms with Crippen LogP contribution in [0.4, 0.5) is 0 Å². The summed E-state index contributed by atoms with van der Waals surface area (Å²) in [5, 5.41) is 10.5. The molecule has 0 aliphatic heterocycles. The lowest BCUT2D eigenvalue weighted by molar-refractivity contribution is 0.104. The molecular weight excluding hydrogens is 400 g/mol. The highest BCUT2D eigenvalue weighted by atomic mass is 16.5. The molecule has 0 saturated heterocycles. The molecule has 0 unspecified atom stereocenters. The number of ether oxygens (including phenoxy) is 2. The average Bonchev–Trinajstić information content (AvgIpc) is 2.77. The summed E-state index contributed by atoms with van der Waals surface area (Å²) < 4.78 is 11.5. The topological polar surface area (TPSA) is 111 Å². The lowest BCUT2D eigenvalue weighted by Gasteiger charge is -2.14. The Hall–Kier alpha value is -3.55. The summed E-state index contributed by atoms with van der Waals surface area (Å²) in [5.74, 6) is -0.273. The van der Waals surface area contributed by atoms with Gasteiger partial charge < -0.3 is 14.6 Å². The van der Waals surface area contributed by atoms with E-state index < -0.39 is 28.5 Å². The molecule has 2 aromatic rings. The lowest BCUT2D eigenvalue weighted by Crippen LogP contribution is -2.33. The second-order valence-electron chi connectivity index (χ2n) is 7.27. The summed E-state index contributed by atoms with van der Waals surface area (Å²) in [7, 11) is 3.02. The Bertz CT molecular complexity index is 1140. The van der Waals surface area contributed by atoms with E-state index in [4.69, 9.17) is 9.47 Å². The molecule has 1 heterocycles. The van der Waals surface area contributed by atoms with Crippen LogP contribution >= 0.6 is 0 Å². The van der Waals surface area contributed by atoms with Crippen molar-refractivity contribution in [1.82, 2.24) is 9.55 Å². The summed E-state index contributed by atoms with van der Waals surface area (Å²) in [6.45, 7) is 0.184. The molecule has 0 spiro atoms. The molecular formula is C23H26N2O6. The second kappa shape index (κ2) is 9.97. The highest BCUT2D eigenvalue weighted by molar-refractivity contribution is 6.08. The molecule has 1 aliphatic rings. The van der Waals surface area contributed by atoms with Crippen molar-refractivity contribution in [3.8, 4) is 17.4 Å². The normalized spacial score (nSPS) is 13.8. The van der Waals surface area contributed by atoms with E-state index in [1.165, 1.54) is 25.9 Å². The Morgan fingerprint density at radius 2 is 2.03 bits per heavy atom. The van der Waals surface area contributed by atoms with Gasteiger partial charge in [0.1, 0.15) is 17.1 Å². The second-order valence-corrected chi connectivity index (χ2v) is 7.27. The van der Waals surface area contributed by atoms with Crippen molar-refractivity contribution in [1.29, 1.82) is 0 Å². The van der Waals surface area contributed by atoms with E-state index in [2.05, 4.69) is 11.1 Å². The molecule has 3 rings (SSSR count). The molecule has 0 atom stereocenters. The Kier molecular flexibility index (Phi) is 7.12. The first-order valence-electron chi connectivity index (χ1n) is 10.1. The zero-order valence-electron chi connectivity index (χ0n) is 17.6. The van der Waals surface area contributed by atoms with Crippen LogP contribution in [0.5, 0.6) is 17.4 Å². The number of rotatable bonds is 8. The van der Waals surface area contributed by atoms with Crippen molar-refractivity contribution >= 4 is 11.9 Å². The number of aromatic hydroxyl groups is 1. The number of ketones is 1. The van der Waals surface area contributed by atoms with Gasteiger partial charge in [-0.2, -0.15) is 0 Å². The molecule has 0 bridgehead atoms. The number of aromatic amines is 1. The van der Waals surface area contributed by atoms with Gasteiger partial charge in [-0.15, -0.1) is 0 Å². The molecule has 8 heteroatoms. The number of carbonyl (C=O) groups excluding carboxylic acids is 1. The number of benzene rings is 1. The van der Waals surface area contributed by atoms with E-state index in [0.717, 1.165) is 36.3 Å². The number of aromatic nitrogens is 2. The van der Waals surface area contributed by atoms with Gasteiger partial charge in [0, 0.05) is 18.2 Å². The van der Waals surface area contributed by atoms with Gasteiger partial charge in [-0.05, 0) is 56.4 Å². The quantitative estimate of drug-likeness (QED) is 0.381. The average molecular weight is 426 g/mol. The Balaban J connectivity index is 1.87. The molecule has 31 heavy (non-hydrogen) atoms. The Morgan fingerprint density at radius 3 is 2.71 bits per heavy atom. The maximum atomic E-state index is 12.7. The first kappa shape index (κ1) is 22.1. The third kappa shape index (κ3) is 5.14. The van der Waals surface area contributed by atoms with E-state index in [0.29, 0.717) is 23.5 Å². The number of carbonyl (C=O) groups is 1. The Labute approximate surface area is 179 Å². The standard InChI is InChI=1S/C23H26N2O6/c1-30-17-10-8-16(19(14-17)31-2)9-11-18(26)20-21(27)24-23(29)25(22(20)28)13-12-15-6-4-3-5-7-15/h6,8-11,14,28H,3-5,7,12-13H2,1-2H3,(H,24,27,29). The molecule has 8 nitrogen and oxygen atoms in total. The molecule has 1 aliphatic carbocycles. The van der Waals surface area contributed by atoms with Gasteiger partial charge in [0.25, 0.3) is 5.56 Å². The van der Waals surface area contributed by atoms with Gasteiger partial charge in [0.2, 0.25) is 5.88 Å². The predicted molar refractivity (Wildman–Crippen MR) is 117 cm³/mol. The SMILES string of the molecule is COc1ccc(C=CC(=O)c2c(O)n(CCC3=CCCCC3)c(=O)[nH]c2=O)c(OC)c1. The van der Waals surface area contributed by atoms with E-state index in [9.17, 15) is 19.5 Å². The van der Waals surface area contributed by atoms with Crippen LogP contribution in [0.25, 0.3) is 6.08 Å². The number of hydrogen-bond donors (Lipinski definition) is 2. The summed E-state index contributed by atoms with van der Waals surface area (Å²) in [4.78, 5) is 39.3. The first-order valence-corrected chi connectivity index (χ1v) is 10.1. The van der Waals surface area contributed by atoms with Crippen molar-refractivity contribution in [3.05, 3.63) is 67.9 Å². The van der Waals surface area contributed by atoms with E-state index in [1.54, 1.807) is 18.2 Å². The van der Waals surface area contributed by atoms with Crippen molar-refractivity contribution in [3.63, 3.8) is 0 Å². The fourth-order valence-electron chi connectivity index (χ4n) is 3.58. The van der Waals surface area contributed by atoms with Crippen LogP contribution in [-0.2, 0) is 6.54 Å². The molecule has 0 saturated carbocycles. The number of H-pyrrole nitrogens is 1. The molecule has 0 fully saturated rings. The van der Waals surface area contributed by atoms with Gasteiger partial charge in [-0.25, -0.2) is 4.79 Å². The molecule has 1 aromatic carbocycles.